The van der Waals surface area contributed by atoms with Gasteiger partial charge in [0.05, 0.1) is 1.37 Å². The summed E-state index contributed by atoms with van der Waals surface area (Å²) in [5, 5.41) is 7.39. The lowest BCUT2D eigenvalue weighted by Crippen LogP contribution is -1.89. The van der Waals surface area contributed by atoms with Gasteiger partial charge < -0.3 is 5.11 Å². The van der Waals surface area contributed by atoms with Crippen LogP contribution < -0.4 is 0 Å². The van der Waals surface area contributed by atoms with Crippen LogP contribution in [0.3, 0.4) is 0 Å². The predicted octanol–water partition coefficient (Wildman–Crippen LogP) is 0.823. The Morgan fingerprint density at radius 2 is 2.67 bits per heavy atom. The van der Waals surface area contributed by atoms with Gasteiger partial charge in [-0.25, -0.2) is 4.79 Å². The van der Waals surface area contributed by atoms with Gasteiger partial charge in [-0.2, -0.15) is 0 Å². The number of hydrogen-bond acceptors (Lipinski definition) is 1. The highest BCUT2D eigenvalue weighted by atomic mass is 35.5. The second kappa shape index (κ2) is 1.82. The van der Waals surface area contributed by atoms with Crippen LogP contribution in [0.1, 0.15) is 1.37 Å². The van der Waals surface area contributed by atoms with Crippen molar-refractivity contribution in [1.29, 1.82) is 0 Å². The van der Waals surface area contributed by atoms with Gasteiger partial charge in [-0.1, -0.05) is 18.2 Å². The van der Waals surface area contributed by atoms with E-state index in [1.165, 1.54) is 0 Å². The lowest BCUT2D eigenvalue weighted by atomic mass is 10.7. The fourth-order valence-electron chi connectivity index (χ4n) is 0. The van der Waals surface area contributed by atoms with Crippen molar-refractivity contribution in [3.05, 3.63) is 11.6 Å². The van der Waals surface area contributed by atoms with Crippen molar-refractivity contribution in [2.75, 3.05) is 0 Å². The second-order valence-electron chi connectivity index (χ2n) is 0.653. The van der Waals surface area contributed by atoms with Crippen molar-refractivity contribution < 1.29 is 11.3 Å². The Kier molecular flexibility index (Phi) is 1.12. The largest absolute Gasteiger partial charge is 0.477 e. The maximum Gasteiger partial charge on any atom is 0.346 e. The third-order valence-corrected chi connectivity index (χ3v) is 0.366. The van der Waals surface area contributed by atoms with Gasteiger partial charge >= 0.3 is 5.97 Å². The molecule has 0 rings (SSSR count). The Hall–Kier alpha value is -0.500. The maximum absolute atomic E-state index is 9.61. The fraction of sp³-hybridized carbons (Fsp3) is 0. The highest BCUT2D eigenvalue weighted by Gasteiger charge is 1.93. The first-order valence-electron chi connectivity index (χ1n) is 1.73. The summed E-state index contributed by atoms with van der Waals surface area (Å²) >= 11 is 4.87. The molecule has 1 N–H and O–H groups in total. The number of carboxylic acid groups (broad SMARTS) is 1. The van der Waals surface area contributed by atoms with E-state index in [0.717, 1.165) is 0 Å². The van der Waals surface area contributed by atoms with Gasteiger partial charge in [0.15, 0.2) is 0 Å². The first kappa shape index (κ1) is 3.68. The number of hydrogen-bond donors (Lipinski definition) is 1. The number of aliphatic carboxylic acids is 1. The van der Waals surface area contributed by atoms with Crippen molar-refractivity contribution in [3.63, 3.8) is 0 Å². The number of rotatable bonds is 1. The normalized spacial score (nSPS) is 13.5. The Bertz CT molecular complexity index is 110. The van der Waals surface area contributed by atoms with Gasteiger partial charge in [0.2, 0.25) is 0 Å². The molecule has 6 heavy (non-hydrogen) atoms. The summed E-state index contributed by atoms with van der Waals surface area (Å²) in [6, 6.07) is 0. The van der Waals surface area contributed by atoms with Crippen molar-refractivity contribution >= 4 is 17.6 Å². The van der Waals surface area contributed by atoms with Crippen LogP contribution in [0.5, 0.6) is 0 Å². The Morgan fingerprint density at radius 1 is 2.17 bits per heavy atom. The molecule has 0 spiro atoms. The second-order valence-corrected chi connectivity index (χ2v) is 1.06. The lowest BCUT2D eigenvalue weighted by molar-refractivity contribution is -0.131. The van der Waals surface area contributed by atoms with E-state index in [0.29, 0.717) is 6.55 Å². The molecule has 0 radical (unpaired) electrons. The molecule has 0 saturated heterocycles. The number of halogens is 1. The van der Waals surface area contributed by atoms with E-state index in [-0.39, 0.29) is 0 Å². The number of carboxylic acids is 1. The van der Waals surface area contributed by atoms with Gasteiger partial charge in [-0.05, 0) is 0 Å². The van der Waals surface area contributed by atoms with E-state index >= 15 is 0 Å². The average molecular weight is 108 g/mol. The van der Waals surface area contributed by atoms with Gasteiger partial charge in [-0.3, -0.25) is 0 Å². The molecule has 0 amide bonds. The van der Waals surface area contributed by atoms with Crippen LogP contribution >= 0.6 is 11.6 Å². The molecule has 0 aromatic carbocycles. The highest BCUT2D eigenvalue weighted by molar-refractivity contribution is 6.40. The van der Waals surface area contributed by atoms with E-state index in [1.54, 1.807) is 0 Å². The van der Waals surface area contributed by atoms with Crippen LogP contribution in [0.4, 0.5) is 0 Å². The quantitative estimate of drug-likeness (QED) is 0.504. The minimum atomic E-state index is -1.27. The lowest BCUT2D eigenvalue weighted by Gasteiger charge is -1.76. The first-order chi connectivity index (χ1) is 3.18. The molecule has 0 bridgehead atoms. The van der Waals surface area contributed by atoms with Crippen LogP contribution in [-0.4, -0.2) is 11.1 Å². The van der Waals surface area contributed by atoms with E-state index in [1.807, 2.05) is 0 Å². The highest BCUT2D eigenvalue weighted by Crippen LogP contribution is 1.92. The summed E-state index contributed by atoms with van der Waals surface area (Å²) < 4.78 is 6.26. The molecule has 3 heteroatoms. The average Bonchev–Trinajstić information content (AvgIpc) is 1.65. The van der Waals surface area contributed by atoms with Crippen molar-refractivity contribution in [1.82, 2.24) is 0 Å². The molecule has 0 aliphatic rings. The van der Waals surface area contributed by atoms with Gasteiger partial charge in [0.1, 0.15) is 5.03 Å². The summed E-state index contributed by atoms with van der Waals surface area (Å²) in [6.07, 6.45) is 0. The molecule has 0 atom stereocenters. The van der Waals surface area contributed by atoms with Crippen LogP contribution in [0.2, 0.25) is 0 Å². The zero-order chi connectivity index (χ0) is 5.86. The zero-order valence-corrected chi connectivity index (χ0v) is 3.57. The molecular weight excluding hydrogens is 103 g/mol. The molecule has 0 aliphatic carbocycles. The van der Waals surface area contributed by atoms with Crippen molar-refractivity contribution in [2.24, 2.45) is 0 Å². The van der Waals surface area contributed by atoms with Crippen molar-refractivity contribution in [2.45, 2.75) is 0 Å². The number of carbonyl (C=O) groups is 1. The summed E-state index contributed by atoms with van der Waals surface area (Å²) in [4.78, 5) is 9.61. The van der Waals surface area contributed by atoms with E-state index in [9.17, 15) is 4.79 Å². The monoisotopic (exact) mass is 107 g/mol. The summed E-state index contributed by atoms with van der Waals surface area (Å²) in [7, 11) is 0. The molecule has 0 saturated carbocycles. The SMILES string of the molecule is [2H]C=C(Cl)C(=O)O. The van der Waals surface area contributed by atoms with Gasteiger partial charge in [0, 0.05) is 0 Å². The molecule has 0 heterocycles. The van der Waals surface area contributed by atoms with Gasteiger partial charge in [-0.15, -0.1) is 0 Å². The molecule has 0 unspecified atom stereocenters. The molecule has 0 aromatic rings. The minimum absolute atomic E-state index is 0.472. The topological polar surface area (TPSA) is 37.3 Å². The van der Waals surface area contributed by atoms with E-state index < -0.39 is 11.0 Å². The predicted molar refractivity (Wildman–Crippen MR) is 22.6 cm³/mol. The van der Waals surface area contributed by atoms with E-state index in [2.05, 4.69) is 0 Å². The molecular formula is C3H3ClO2. The maximum atomic E-state index is 9.61. The Morgan fingerprint density at radius 3 is 2.67 bits per heavy atom. The third kappa shape index (κ3) is 1.79. The molecule has 0 fully saturated rings. The minimum Gasteiger partial charge on any atom is -0.477 e. The van der Waals surface area contributed by atoms with Crippen LogP contribution in [-0.2, 0) is 4.79 Å². The summed E-state index contributed by atoms with van der Waals surface area (Å²) in [5.74, 6) is -1.27. The molecule has 2 nitrogen and oxygen atoms in total. The molecule has 34 valence electrons. The standard InChI is InChI=1S/C3H3ClO2/c1-2(4)3(5)6/h1H2,(H,5,6)/i1D. The van der Waals surface area contributed by atoms with Crippen molar-refractivity contribution in [3.8, 4) is 0 Å². The summed E-state index contributed by atoms with van der Waals surface area (Å²) in [5.41, 5.74) is 0. The van der Waals surface area contributed by atoms with Gasteiger partial charge in [0.25, 0.3) is 0 Å². The molecule has 0 aliphatic heterocycles. The molecule has 0 aromatic heterocycles. The van der Waals surface area contributed by atoms with Crippen LogP contribution in [0.15, 0.2) is 11.6 Å². The fourth-order valence-corrected chi connectivity index (χ4v) is 0. The Labute approximate surface area is 41.4 Å². The Balaban J connectivity index is 3.82. The van der Waals surface area contributed by atoms with E-state index in [4.69, 9.17) is 18.1 Å². The summed E-state index contributed by atoms with van der Waals surface area (Å²) in [6.45, 7) is 0.573. The smallest absolute Gasteiger partial charge is 0.346 e. The third-order valence-electron chi connectivity index (χ3n) is 0.204. The van der Waals surface area contributed by atoms with Crippen LogP contribution in [0, 0.1) is 0 Å². The van der Waals surface area contributed by atoms with Crippen LogP contribution in [0.25, 0.3) is 0 Å². The first-order valence-corrected chi connectivity index (χ1v) is 1.53. The zero-order valence-electron chi connectivity index (χ0n) is 3.81.